The van der Waals surface area contributed by atoms with Gasteiger partial charge in [0.25, 0.3) is 0 Å². The molecule has 0 aliphatic carbocycles. The molecule has 0 heterocycles. The highest BCUT2D eigenvalue weighted by Crippen LogP contribution is 1.91. The van der Waals surface area contributed by atoms with E-state index in [0.717, 1.165) is 26.2 Å². The molecule has 0 aliphatic rings. The lowest BCUT2D eigenvalue weighted by molar-refractivity contribution is -1.08. The van der Waals surface area contributed by atoms with Crippen LogP contribution in [-0.2, 0) is 10.4 Å². The Hall–Kier alpha value is -0.290. The third-order valence-electron chi connectivity index (χ3n) is 2.73. The number of quaternary nitrogens is 2. The van der Waals surface area contributed by atoms with Crippen molar-refractivity contribution in [2.75, 3.05) is 40.3 Å². The van der Waals surface area contributed by atoms with Crippen molar-refractivity contribution in [2.24, 2.45) is 0 Å². The molecular weight excluding hydrogens is 276 g/mol. The molecule has 19 heavy (non-hydrogen) atoms. The van der Waals surface area contributed by atoms with Crippen molar-refractivity contribution in [2.45, 2.75) is 27.7 Å². The van der Waals surface area contributed by atoms with E-state index in [0.29, 0.717) is 0 Å². The van der Waals surface area contributed by atoms with Crippen LogP contribution in [0.4, 0.5) is 0 Å². The quantitative estimate of drug-likeness (QED) is 0.335. The highest BCUT2D eigenvalue weighted by atomic mass is 32.3. The largest absolute Gasteiger partial charge is 0.759 e. The first kappa shape index (κ1) is 23.8. The Bertz CT molecular complexity index is 267. The molecule has 8 nitrogen and oxygen atoms in total. The van der Waals surface area contributed by atoms with Gasteiger partial charge in [-0.25, -0.2) is 10.4 Å². The second-order valence-corrected chi connectivity index (χ2v) is 5.17. The minimum absolute atomic E-state index is 0.139. The van der Waals surface area contributed by atoms with E-state index < -0.39 is 10.4 Å². The summed E-state index contributed by atoms with van der Waals surface area (Å²) in [5.74, 6) is 0. The van der Waals surface area contributed by atoms with Crippen LogP contribution >= 0.6 is 0 Å². The summed E-state index contributed by atoms with van der Waals surface area (Å²) >= 11 is 0. The summed E-state index contributed by atoms with van der Waals surface area (Å²) in [6.45, 7) is 11.0. The fraction of sp³-hybridized carbons (Fsp3) is 1.00. The zero-order valence-electron chi connectivity index (χ0n) is 12.7. The normalized spacial score (nSPS) is 11.9. The number of rotatable bonds is 4. The van der Waals surface area contributed by atoms with Crippen LogP contribution in [-0.4, -0.2) is 77.5 Å². The van der Waals surface area contributed by atoms with Crippen LogP contribution in [0.2, 0.25) is 0 Å². The maximum Gasteiger partial charge on any atom is 0.106 e. The van der Waals surface area contributed by atoms with Crippen molar-refractivity contribution in [1.29, 1.82) is 0 Å². The predicted molar refractivity (Wildman–Crippen MR) is 68.6 cm³/mol. The van der Waals surface area contributed by atoms with Gasteiger partial charge in [0.1, 0.15) is 26.2 Å². The van der Waals surface area contributed by atoms with Crippen LogP contribution in [0, 0.1) is 0 Å². The van der Waals surface area contributed by atoms with Gasteiger partial charge in [0.2, 0.25) is 0 Å². The molecule has 0 bridgehead atoms. The molecule has 0 rings (SSSR count). The van der Waals surface area contributed by atoms with Gasteiger partial charge in [-0.05, 0) is 27.7 Å². The Balaban J connectivity index is -0.000000206. The van der Waals surface area contributed by atoms with Crippen LogP contribution in [0.3, 0.4) is 0 Å². The standard InChI is InChI=1S/2C5H14NO.H2O4S/c2*1-4-6(3,7)5-2;1-5(2,3)4/h2*7H,4-5H2,1-3H3;(H2,1,2,3,4)/q2*+1;/p-2. The molecule has 0 spiro atoms. The van der Waals surface area contributed by atoms with Crippen molar-refractivity contribution >= 4 is 10.4 Å². The minimum atomic E-state index is -5.17. The van der Waals surface area contributed by atoms with Gasteiger partial charge in [-0.2, -0.15) is 9.29 Å². The molecule has 0 radical (unpaired) electrons. The Kier molecular flexibility index (Phi) is 13.1. The van der Waals surface area contributed by atoms with Gasteiger partial charge in [-0.3, -0.25) is 8.42 Å². The smallest absolute Gasteiger partial charge is 0.106 e. The molecule has 0 atom stereocenters. The molecule has 120 valence electrons. The van der Waals surface area contributed by atoms with Crippen LogP contribution in [0.15, 0.2) is 0 Å². The molecule has 0 unspecified atom stereocenters. The van der Waals surface area contributed by atoms with E-state index in [4.69, 9.17) is 27.9 Å². The molecule has 0 aliphatic heterocycles. The van der Waals surface area contributed by atoms with Crippen molar-refractivity contribution in [3.8, 4) is 0 Å². The van der Waals surface area contributed by atoms with Gasteiger partial charge < -0.3 is 9.11 Å². The summed E-state index contributed by atoms with van der Waals surface area (Å²) in [7, 11) is -1.58. The molecule has 2 N–H and O–H groups in total. The summed E-state index contributed by atoms with van der Waals surface area (Å²) in [4.78, 5) is 0. The lowest BCUT2D eigenvalue weighted by Crippen LogP contribution is -2.39. The van der Waals surface area contributed by atoms with Crippen LogP contribution in [0.5, 0.6) is 0 Å². The highest BCUT2D eigenvalue weighted by molar-refractivity contribution is 7.79. The van der Waals surface area contributed by atoms with Gasteiger partial charge in [0, 0.05) is 10.4 Å². The van der Waals surface area contributed by atoms with Crippen molar-refractivity contribution in [3.63, 3.8) is 0 Å². The lowest BCUT2D eigenvalue weighted by atomic mass is 10.6. The zero-order valence-corrected chi connectivity index (χ0v) is 13.5. The molecule has 0 saturated carbocycles. The summed E-state index contributed by atoms with van der Waals surface area (Å²) in [5.41, 5.74) is 0. The molecule has 0 saturated heterocycles. The van der Waals surface area contributed by atoms with Crippen molar-refractivity contribution in [1.82, 2.24) is 0 Å². The second-order valence-electron chi connectivity index (χ2n) is 4.35. The van der Waals surface area contributed by atoms with Crippen molar-refractivity contribution in [3.05, 3.63) is 0 Å². The third kappa shape index (κ3) is 31.9. The van der Waals surface area contributed by atoms with E-state index in [1.807, 2.05) is 27.7 Å². The average molecular weight is 304 g/mol. The summed E-state index contributed by atoms with van der Waals surface area (Å²) in [6.07, 6.45) is 0. The topological polar surface area (TPSA) is 121 Å². The Morgan fingerprint density at radius 2 is 0.895 bits per heavy atom. The monoisotopic (exact) mass is 304 g/mol. The summed E-state index contributed by atoms with van der Waals surface area (Å²) in [5, 5.41) is 18.1. The first-order valence-electron chi connectivity index (χ1n) is 6.05. The second kappa shape index (κ2) is 10.5. The fourth-order valence-electron chi connectivity index (χ4n) is 0.447. The van der Waals surface area contributed by atoms with E-state index in [-0.39, 0.29) is 9.29 Å². The molecule has 9 heteroatoms. The predicted octanol–water partition coefficient (Wildman–Crippen LogP) is 0.386. The average Bonchev–Trinajstić information content (AvgIpc) is 2.28. The van der Waals surface area contributed by atoms with Crippen LogP contribution in [0.25, 0.3) is 0 Å². The maximum atomic E-state index is 9.07. The molecule has 0 aromatic rings. The molecule has 0 amide bonds. The van der Waals surface area contributed by atoms with E-state index in [9.17, 15) is 0 Å². The maximum absolute atomic E-state index is 9.07. The number of nitrogens with zero attached hydrogens (tertiary/aromatic N) is 2. The van der Waals surface area contributed by atoms with Crippen LogP contribution < -0.4 is 0 Å². The molecule has 0 aromatic heterocycles. The molecular formula is C10H28N2O6S. The number of hydroxylamine groups is 6. The summed E-state index contributed by atoms with van der Waals surface area (Å²) in [6, 6.07) is 0. The lowest BCUT2D eigenvalue weighted by Gasteiger charge is -2.20. The third-order valence-corrected chi connectivity index (χ3v) is 2.73. The highest BCUT2D eigenvalue weighted by Gasteiger charge is 2.09. The fourth-order valence-corrected chi connectivity index (χ4v) is 0.447. The SMILES string of the molecule is CC[N+](C)(O)CC.CC[N+](C)(O)CC.O=S(=O)([O-])[O-]. The number of hydrogen-bond donors (Lipinski definition) is 2. The molecule has 0 fully saturated rings. The minimum Gasteiger partial charge on any atom is -0.759 e. The van der Waals surface area contributed by atoms with Gasteiger partial charge in [-0.1, -0.05) is 0 Å². The van der Waals surface area contributed by atoms with E-state index in [2.05, 4.69) is 0 Å². The van der Waals surface area contributed by atoms with Gasteiger partial charge in [0.15, 0.2) is 0 Å². The molecule has 0 aromatic carbocycles. The Morgan fingerprint density at radius 1 is 0.789 bits per heavy atom. The van der Waals surface area contributed by atoms with Crippen molar-refractivity contribution < 1.29 is 37.2 Å². The van der Waals surface area contributed by atoms with E-state index in [1.165, 1.54) is 0 Å². The Labute approximate surface area is 116 Å². The zero-order chi connectivity index (χ0) is 16.3. The summed E-state index contributed by atoms with van der Waals surface area (Å²) < 4.78 is 34.4. The van der Waals surface area contributed by atoms with E-state index >= 15 is 0 Å². The first-order chi connectivity index (χ1) is 8.24. The van der Waals surface area contributed by atoms with E-state index in [1.54, 1.807) is 14.1 Å². The van der Waals surface area contributed by atoms with Gasteiger partial charge in [-0.15, -0.1) is 0 Å². The first-order valence-corrected chi connectivity index (χ1v) is 7.39. The Morgan fingerprint density at radius 3 is 0.895 bits per heavy atom. The van der Waals surface area contributed by atoms with Crippen LogP contribution in [0.1, 0.15) is 27.7 Å². The van der Waals surface area contributed by atoms with Gasteiger partial charge >= 0.3 is 0 Å². The van der Waals surface area contributed by atoms with Gasteiger partial charge in [0.05, 0.1) is 14.1 Å². The number of hydrogen-bond acceptors (Lipinski definition) is 6.